The zero-order chi connectivity index (χ0) is 11.4. The maximum absolute atomic E-state index is 10.7. The van der Waals surface area contributed by atoms with E-state index in [1.807, 2.05) is 13.8 Å². The molecule has 0 amide bonds. The summed E-state index contributed by atoms with van der Waals surface area (Å²) in [5, 5.41) is 13.9. The minimum atomic E-state index is -0.480. The topological polar surface area (TPSA) is 68.1 Å². The Hall–Kier alpha value is -1.36. The quantitative estimate of drug-likeness (QED) is 0.490. The van der Waals surface area contributed by atoms with E-state index in [2.05, 4.69) is 10.3 Å². The molecule has 0 aliphatic heterocycles. The largest absolute Gasteiger partial charge is 0.379 e. The highest BCUT2D eigenvalue weighted by molar-refractivity contribution is 6.29. The fourth-order valence-electron chi connectivity index (χ4n) is 1.02. The number of pyridine rings is 1. The van der Waals surface area contributed by atoms with Crippen LogP contribution >= 0.6 is 11.6 Å². The fourth-order valence-corrected chi connectivity index (χ4v) is 1.18. The molecular formula is C9H12ClN3O2. The van der Waals surface area contributed by atoms with Gasteiger partial charge in [0.25, 0.3) is 0 Å². The molecule has 82 valence electrons. The SMILES string of the molecule is CC(C)CNc1cc(Cl)ncc1[N+](=O)[O-]. The maximum atomic E-state index is 10.7. The number of halogens is 1. The van der Waals surface area contributed by atoms with Crippen molar-refractivity contribution in [2.45, 2.75) is 13.8 Å². The third kappa shape index (κ3) is 3.36. The van der Waals surface area contributed by atoms with E-state index in [0.717, 1.165) is 6.20 Å². The first kappa shape index (κ1) is 11.7. The molecule has 0 aliphatic rings. The second kappa shape index (κ2) is 4.93. The van der Waals surface area contributed by atoms with E-state index < -0.39 is 4.92 Å². The Balaban J connectivity index is 2.92. The van der Waals surface area contributed by atoms with Gasteiger partial charge in [-0.25, -0.2) is 4.98 Å². The zero-order valence-corrected chi connectivity index (χ0v) is 9.28. The first-order valence-electron chi connectivity index (χ1n) is 4.54. The third-order valence-corrected chi connectivity index (χ3v) is 1.95. The van der Waals surface area contributed by atoms with Gasteiger partial charge in [0, 0.05) is 12.6 Å². The molecule has 1 heterocycles. The van der Waals surface area contributed by atoms with Crippen LogP contribution in [0.25, 0.3) is 0 Å². The van der Waals surface area contributed by atoms with Crippen molar-refractivity contribution in [3.8, 4) is 0 Å². The maximum Gasteiger partial charge on any atom is 0.310 e. The molecule has 5 nitrogen and oxygen atoms in total. The number of aromatic nitrogens is 1. The lowest BCUT2D eigenvalue weighted by molar-refractivity contribution is -0.384. The van der Waals surface area contributed by atoms with Gasteiger partial charge in [0.05, 0.1) is 4.92 Å². The number of nitrogens with one attached hydrogen (secondary N) is 1. The number of hydrogen-bond donors (Lipinski definition) is 1. The summed E-state index contributed by atoms with van der Waals surface area (Å²) < 4.78 is 0. The highest BCUT2D eigenvalue weighted by atomic mass is 35.5. The lowest BCUT2D eigenvalue weighted by Gasteiger charge is -2.08. The van der Waals surface area contributed by atoms with Gasteiger partial charge in [0.15, 0.2) is 0 Å². The van der Waals surface area contributed by atoms with Crippen LogP contribution in [0.2, 0.25) is 5.15 Å². The van der Waals surface area contributed by atoms with Gasteiger partial charge >= 0.3 is 5.69 Å². The summed E-state index contributed by atoms with van der Waals surface area (Å²) in [4.78, 5) is 13.9. The molecular weight excluding hydrogens is 218 g/mol. The first-order valence-corrected chi connectivity index (χ1v) is 4.92. The number of hydrogen-bond acceptors (Lipinski definition) is 4. The summed E-state index contributed by atoms with van der Waals surface area (Å²) in [7, 11) is 0. The van der Waals surface area contributed by atoms with Crippen molar-refractivity contribution < 1.29 is 4.92 Å². The number of nitro groups is 1. The Morgan fingerprint density at radius 1 is 1.67 bits per heavy atom. The van der Waals surface area contributed by atoms with Crippen LogP contribution in [0.5, 0.6) is 0 Å². The van der Waals surface area contributed by atoms with Crippen LogP contribution in [0.4, 0.5) is 11.4 Å². The second-order valence-electron chi connectivity index (χ2n) is 3.56. The van der Waals surface area contributed by atoms with Crippen molar-refractivity contribution in [2.75, 3.05) is 11.9 Å². The zero-order valence-electron chi connectivity index (χ0n) is 8.53. The monoisotopic (exact) mass is 229 g/mol. The van der Waals surface area contributed by atoms with E-state index in [1.54, 1.807) is 0 Å². The van der Waals surface area contributed by atoms with Crippen molar-refractivity contribution in [1.29, 1.82) is 0 Å². The molecule has 0 saturated heterocycles. The van der Waals surface area contributed by atoms with E-state index in [1.165, 1.54) is 6.07 Å². The van der Waals surface area contributed by atoms with Crippen molar-refractivity contribution in [2.24, 2.45) is 5.92 Å². The van der Waals surface area contributed by atoms with Crippen molar-refractivity contribution in [3.63, 3.8) is 0 Å². The van der Waals surface area contributed by atoms with E-state index in [4.69, 9.17) is 11.6 Å². The predicted molar refractivity (Wildman–Crippen MR) is 59.2 cm³/mol. The van der Waals surface area contributed by atoms with Crippen LogP contribution in [0.1, 0.15) is 13.8 Å². The molecule has 0 spiro atoms. The molecule has 0 radical (unpaired) electrons. The predicted octanol–water partition coefficient (Wildman–Crippen LogP) is 2.71. The van der Waals surface area contributed by atoms with Crippen LogP contribution < -0.4 is 5.32 Å². The van der Waals surface area contributed by atoms with Crippen LogP contribution in [-0.2, 0) is 0 Å². The third-order valence-electron chi connectivity index (χ3n) is 1.75. The Morgan fingerprint density at radius 3 is 2.87 bits per heavy atom. The van der Waals surface area contributed by atoms with Gasteiger partial charge in [-0.1, -0.05) is 25.4 Å². The lowest BCUT2D eigenvalue weighted by atomic mass is 10.2. The van der Waals surface area contributed by atoms with Crippen molar-refractivity contribution in [1.82, 2.24) is 4.98 Å². The van der Waals surface area contributed by atoms with Gasteiger partial charge in [-0.05, 0) is 5.92 Å². The van der Waals surface area contributed by atoms with Gasteiger partial charge < -0.3 is 5.32 Å². The highest BCUT2D eigenvalue weighted by Crippen LogP contribution is 2.25. The Kier molecular flexibility index (Phi) is 3.85. The van der Waals surface area contributed by atoms with E-state index >= 15 is 0 Å². The minimum absolute atomic E-state index is 0.0555. The first-order chi connectivity index (χ1) is 7.00. The van der Waals surface area contributed by atoms with Crippen LogP contribution in [0, 0.1) is 16.0 Å². The van der Waals surface area contributed by atoms with Gasteiger partial charge in [-0.15, -0.1) is 0 Å². The van der Waals surface area contributed by atoms with Crippen LogP contribution in [-0.4, -0.2) is 16.5 Å². The van der Waals surface area contributed by atoms with Gasteiger partial charge in [0.1, 0.15) is 17.0 Å². The summed E-state index contributed by atoms with van der Waals surface area (Å²) in [6.07, 6.45) is 1.16. The smallest absolute Gasteiger partial charge is 0.310 e. The van der Waals surface area contributed by atoms with Crippen LogP contribution in [0.3, 0.4) is 0 Å². The molecule has 0 fully saturated rings. The molecule has 0 atom stereocenters. The Labute approximate surface area is 92.6 Å². The molecule has 1 aromatic rings. The highest BCUT2D eigenvalue weighted by Gasteiger charge is 2.14. The number of anilines is 1. The van der Waals surface area contributed by atoms with E-state index in [-0.39, 0.29) is 10.8 Å². The van der Waals surface area contributed by atoms with Gasteiger partial charge in [-0.2, -0.15) is 0 Å². The molecule has 0 aromatic carbocycles. The van der Waals surface area contributed by atoms with Gasteiger partial charge in [-0.3, -0.25) is 10.1 Å². The van der Waals surface area contributed by atoms with Crippen molar-refractivity contribution >= 4 is 23.0 Å². The molecule has 0 saturated carbocycles. The standard InChI is InChI=1S/C9H12ClN3O2/c1-6(2)4-11-7-3-9(10)12-5-8(7)13(14)15/h3,5-6H,4H2,1-2H3,(H,11,12). The average molecular weight is 230 g/mol. The minimum Gasteiger partial charge on any atom is -0.379 e. The average Bonchev–Trinajstić information content (AvgIpc) is 2.14. The van der Waals surface area contributed by atoms with Crippen molar-refractivity contribution in [3.05, 3.63) is 27.5 Å². The number of nitrogens with zero attached hydrogens (tertiary/aromatic N) is 2. The van der Waals surface area contributed by atoms with Crippen LogP contribution in [0.15, 0.2) is 12.3 Å². The molecule has 6 heteroatoms. The Bertz CT molecular complexity index is 368. The molecule has 0 aliphatic carbocycles. The number of rotatable bonds is 4. The molecule has 15 heavy (non-hydrogen) atoms. The lowest BCUT2D eigenvalue weighted by Crippen LogP contribution is -2.09. The molecule has 1 N–H and O–H groups in total. The Morgan fingerprint density at radius 2 is 2.33 bits per heavy atom. The molecule has 0 bridgehead atoms. The van der Waals surface area contributed by atoms with E-state index in [0.29, 0.717) is 18.2 Å². The molecule has 1 aromatic heterocycles. The molecule has 0 unspecified atom stereocenters. The summed E-state index contributed by atoms with van der Waals surface area (Å²) in [6, 6.07) is 1.46. The molecule has 1 rings (SSSR count). The summed E-state index contributed by atoms with van der Waals surface area (Å²) in [5.41, 5.74) is 0.355. The summed E-state index contributed by atoms with van der Waals surface area (Å²) in [5.74, 6) is 0.400. The van der Waals surface area contributed by atoms with Gasteiger partial charge in [0.2, 0.25) is 0 Å². The van der Waals surface area contributed by atoms with E-state index in [9.17, 15) is 10.1 Å². The summed E-state index contributed by atoms with van der Waals surface area (Å²) >= 11 is 5.66. The summed E-state index contributed by atoms with van der Waals surface area (Å²) in [6.45, 7) is 4.68. The normalized spacial score (nSPS) is 10.4. The fraction of sp³-hybridized carbons (Fsp3) is 0.444. The second-order valence-corrected chi connectivity index (χ2v) is 3.94.